The van der Waals surface area contributed by atoms with Crippen LogP contribution in [0, 0.1) is 5.92 Å². The van der Waals surface area contributed by atoms with Crippen molar-refractivity contribution in [2.75, 3.05) is 31.6 Å². The van der Waals surface area contributed by atoms with Crippen LogP contribution in [0.5, 0.6) is 0 Å². The van der Waals surface area contributed by atoms with Crippen molar-refractivity contribution in [2.45, 2.75) is 32.6 Å². The Morgan fingerprint density at radius 2 is 2.09 bits per heavy atom. The lowest BCUT2D eigenvalue weighted by atomic mass is 9.95. The van der Waals surface area contributed by atoms with E-state index in [0.717, 1.165) is 62.3 Å². The molecule has 1 aliphatic rings. The maximum Gasteiger partial charge on any atom is 0.225 e. The molecule has 0 bridgehead atoms. The van der Waals surface area contributed by atoms with Crippen LogP contribution in [-0.2, 0) is 4.79 Å². The van der Waals surface area contributed by atoms with Gasteiger partial charge in [-0.3, -0.25) is 4.79 Å². The number of hydrogen-bond acceptors (Lipinski definition) is 3. The van der Waals surface area contributed by atoms with E-state index >= 15 is 0 Å². The molecule has 1 N–H and O–H groups in total. The summed E-state index contributed by atoms with van der Waals surface area (Å²) in [5, 5.41) is 0. The minimum atomic E-state index is 0.164. The first kappa shape index (κ1) is 15.8. The van der Waals surface area contributed by atoms with Crippen LogP contribution in [0.15, 0.2) is 24.3 Å². The lowest BCUT2D eigenvalue weighted by molar-refractivity contribution is -0.134. The second-order valence-electron chi connectivity index (χ2n) is 6.45. The summed E-state index contributed by atoms with van der Waals surface area (Å²) in [5.41, 5.74) is 2.07. The number of piperidine rings is 1. The van der Waals surface area contributed by atoms with Gasteiger partial charge in [0.15, 0.2) is 0 Å². The number of rotatable bonds is 5. The lowest BCUT2D eigenvalue weighted by Crippen LogP contribution is -2.41. The fourth-order valence-corrected chi connectivity index (χ4v) is 3.24. The summed E-state index contributed by atoms with van der Waals surface area (Å²) in [6.45, 7) is 4.80. The molecule has 1 amide bonds. The highest BCUT2D eigenvalue weighted by atomic mass is 16.2. The number of carbonyl (C=O) groups excluding carboxylic acids is 1. The van der Waals surface area contributed by atoms with E-state index in [9.17, 15) is 4.79 Å². The number of anilines is 1. The highest BCUT2D eigenvalue weighted by molar-refractivity contribution is 5.79. The van der Waals surface area contributed by atoms with Crippen molar-refractivity contribution in [3.63, 3.8) is 0 Å². The van der Waals surface area contributed by atoms with Crippen LogP contribution in [0.1, 0.15) is 32.6 Å². The number of imidazole rings is 1. The Morgan fingerprint density at radius 3 is 2.78 bits per heavy atom. The Hall–Kier alpha value is -2.04. The zero-order valence-electron chi connectivity index (χ0n) is 14.1. The molecule has 2 aromatic rings. The van der Waals surface area contributed by atoms with Crippen LogP contribution in [0.25, 0.3) is 11.0 Å². The first-order chi connectivity index (χ1) is 11.2. The first-order valence-corrected chi connectivity index (χ1v) is 8.63. The van der Waals surface area contributed by atoms with Crippen LogP contribution in [0.2, 0.25) is 0 Å². The smallest absolute Gasteiger partial charge is 0.225 e. The molecule has 0 unspecified atom stereocenters. The number of aromatic nitrogens is 2. The molecule has 0 radical (unpaired) electrons. The van der Waals surface area contributed by atoms with Crippen molar-refractivity contribution in [1.29, 1.82) is 0 Å². The zero-order chi connectivity index (χ0) is 16.2. The highest BCUT2D eigenvalue weighted by Crippen LogP contribution is 2.24. The van der Waals surface area contributed by atoms with Gasteiger partial charge in [-0.2, -0.15) is 0 Å². The molecule has 1 fully saturated rings. The van der Waals surface area contributed by atoms with Crippen LogP contribution >= 0.6 is 0 Å². The van der Waals surface area contributed by atoms with Gasteiger partial charge in [-0.25, -0.2) is 4.98 Å². The van der Waals surface area contributed by atoms with Crippen molar-refractivity contribution in [1.82, 2.24) is 14.9 Å². The average molecular weight is 314 g/mol. The molecule has 124 valence electrons. The Bertz CT molecular complexity index is 625. The summed E-state index contributed by atoms with van der Waals surface area (Å²) in [4.78, 5) is 24.7. The Morgan fingerprint density at radius 1 is 1.35 bits per heavy atom. The van der Waals surface area contributed by atoms with Crippen LogP contribution in [0.4, 0.5) is 5.95 Å². The van der Waals surface area contributed by atoms with E-state index in [4.69, 9.17) is 0 Å². The number of carbonyl (C=O) groups is 1. The van der Waals surface area contributed by atoms with Crippen molar-refractivity contribution in [3.8, 4) is 0 Å². The molecule has 1 aliphatic heterocycles. The molecular weight excluding hydrogens is 288 g/mol. The van der Waals surface area contributed by atoms with E-state index in [0.29, 0.717) is 5.91 Å². The summed E-state index contributed by atoms with van der Waals surface area (Å²) < 4.78 is 0. The number of H-pyrrole nitrogens is 1. The summed E-state index contributed by atoms with van der Waals surface area (Å²) >= 11 is 0. The molecule has 23 heavy (non-hydrogen) atoms. The molecule has 5 nitrogen and oxygen atoms in total. The highest BCUT2D eigenvalue weighted by Gasteiger charge is 2.28. The molecule has 5 heteroatoms. The second-order valence-corrected chi connectivity index (χ2v) is 6.45. The maximum absolute atomic E-state index is 12.5. The number of nitrogens with one attached hydrogen (secondary N) is 1. The molecule has 2 heterocycles. The monoisotopic (exact) mass is 314 g/mol. The van der Waals surface area contributed by atoms with Gasteiger partial charge in [0.1, 0.15) is 0 Å². The minimum absolute atomic E-state index is 0.164. The predicted octanol–water partition coefficient (Wildman–Crippen LogP) is 3.04. The van der Waals surface area contributed by atoms with Crippen molar-refractivity contribution in [2.24, 2.45) is 5.92 Å². The van der Waals surface area contributed by atoms with E-state index in [1.54, 1.807) is 0 Å². The van der Waals surface area contributed by atoms with Gasteiger partial charge < -0.3 is 14.8 Å². The van der Waals surface area contributed by atoms with E-state index in [1.807, 2.05) is 36.2 Å². The van der Waals surface area contributed by atoms with Crippen molar-refractivity contribution >= 4 is 22.9 Å². The Labute approximate surface area is 137 Å². The van der Waals surface area contributed by atoms with Crippen LogP contribution in [0.3, 0.4) is 0 Å². The number of fused-ring (bicyclic) bond motifs is 1. The van der Waals surface area contributed by atoms with Crippen molar-refractivity contribution < 1.29 is 4.79 Å². The van der Waals surface area contributed by atoms with Crippen LogP contribution in [-0.4, -0.2) is 47.5 Å². The Balaban J connectivity index is 1.58. The van der Waals surface area contributed by atoms with E-state index < -0.39 is 0 Å². The number of benzene rings is 1. The van der Waals surface area contributed by atoms with Gasteiger partial charge in [-0.1, -0.05) is 25.5 Å². The number of unbranched alkanes of at least 4 members (excludes halogenated alkanes) is 1. The number of hydrogen-bond donors (Lipinski definition) is 1. The fourth-order valence-electron chi connectivity index (χ4n) is 3.24. The summed E-state index contributed by atoms with van der Waals surface area (Å²) in [6.07, 6.45) is 4.03. The minimum Gasteiger partial charge on any atom is -0.346 e. The van der Waals surface area contributed by atoms with Gasteiger partial charge in [0.05, 0.1) is 11.0 Å². The summed E-state index contributed by atoms with van der Waals surface area (Å²) in [7, 11) is 1.93. The normalized spacial score (nSPS) is 16.0. The van der Waals surface area contributed by atoms with E-state index in [1.165, 1.54) is 0 Å². The first-order valence-electron chi connectivity index (χ1n) is 8.63. The molecule has 1 aromatic heterocycles. The van der Waals surface area contributed by atoms with E-state index in [-0.39, 0.29) is 5.92 Å². The quantitative estimate of drug-likeness (QED) is 0.923. The summed E-state index contributed by atoms with van der Waals surface area (Å²) in [5.74, 6) is 1.40. The molecule has 1 aromatic carbocycles. The number of para-hydroxylation sites is 2. The van der Waals surface area contributed by atoms with Gasteiger partial charge in [0.2, 0.25) is 11.9 Å². The molecule has 1 saturated heterocycles. The largest absolute Gasteiger partial charge is 0.346 e. The number of nitrogens with zero attached hydrogens (tertiary/aromatic N) is 3. The molecule has 3 rings (SSSR count). The fraction of sp³-hybridized carbons (Fsp3) is 0.556. The maximum atomic E-state index is 12.5. The third kappa shape index (κ3) is 3.49. The second kappa shape index (κ2) is 7.02. The van der Waals surface area contributed by atoms with E-state index in [2.05, 4.69) is 21.8 Å². The molecule has 0 atom stereocenters. The third-order valence-electron chi connectivity index (χ3n) is 4.74. The SMILES string of the molecule is CCCCN(C)C(=O)C1CCN(c2nc3ccccc3[nH]2)CC1. The van der Waals surface area contributed by atoms with Gasteiger partial charge in [0, 0.05) is 32.6 Å². The molecule has 0 spiro atoms. The molecule has 0 saturated carbocycles. The van der Waals surface area contributed by atoms with Gasteiger partial charge in [-0.05, 0) is 31.4 Å². The standard InChI is InChI=1S/C18H26N4O/c1-3-4-11-21(2)17(23)14-9-12-22(13-10-14)18-19-15-7-5-6-8-16(15)20-18/h5-8,14H,3-4,9-13H2,1-2H3,(H,19,20). The van der Waals surface area contributed by atoms with Gasteiger partial charge in [0.25, 0.3) is 0 Å². The topological polar surface area (TPSA) is 52.2 Å². The molecule has 0 aliphatic carbocycles. The predicted molar refractivity (Wildman–Crippen MR) is 93.6 cm³/mol. The summed E-state index contributed by atoms with van der Waals surface area (Å²) in [6, 6.07) is 8.09. The third-order valence-corrected chi connectivity index (χ3v) is 4.74. The number of amides is 1. The van der Waals surface area contributed by atoms with Gasteiger partial charge >= 0.3 is 0 Å². The van der Waals surface area contributed by atoms with Crippen LogP contribution < -0.4 is 4.90 Å². The number of aromatic amines is 1. The lowest BCUT2D eigenvalue weighted by Gasteiger charge is -2.33. The zero-order valence-corrected chi connectivity index (χ0v) is 14.1. The van der Waals surface area contributed by atoms with Gasteiger partial charge in [-0.15, -0.1) is 0 Å². The average Bonchev–Trinajstić information content (AvgIpc) is 3.03. The Kier molecular flexibility index (Phi) is 4.84. The van der Waals surface area contributed by atoms with Crippen molar-refractivity contribution in [3.05, 3.63) is 24.3 Å². The molecular formula is C18H26N4O.